The molecular weight excluding hydrogens is 470 g/mol. The second kappa shape index (κ2) is 8.24. The number of benzene rings is 2. The van der Waals surface area contributed by atoms with Crippen LogP contribution in [-0.2, 0) is 0 Å². The van der Waals surface area contributed by atoms with Crippen LogP contribution >= 0.6 is 11.3 Å². The molecule has 0 aliphatic carbocycles. The molecule has 1 aliphatic rings. The molecule has 2 aromatic carbocycles. The number of rotatable bonds is 5. The highest BCUT2D eigenvalue weighted by molar-refractivity contribution is 7.20. The quantitative estimate of drug-likeness (QED) is 0.337. The van der Waals surface area contributed by atoms with Crippen LogP contribution in [0.2, 0.25) is 0 Å². The highest BCUT2D eigenvalue weighted by Gasteiger charge is 2.46. The van der Waals surface area contributed by atoms with E-state index in [4.69, 9.17) is 0 Å². The van der Waals surface area contributed by atoms with E-state index in [0.717, 1.165) is 32.5 Å². The summed E-state index contributed by atoms with van der Waals surface area (Å²) in [5.74, 6) is -1.96. The predicted octanol–water partition coefficient (Wildman–Crippen LogP) is 5.58. The molecule has 0 saturated carbocycles. The Hall–Kier alpha value is -4.18. The summed E-state index contributed by atoms with van der Waals surface area (Å²) in [6, 6.07) is 17.2. The van der Waals surface area contributed by atoms with Gasteiger partial charge in [0.05, 0.1) is 24.2 Å². The third-order valence-corrected chi connectivity index (χ3v) is 6.85. The average molecular weight is 489 g/mol. The molecule has 0 unspecified atom stereocenters. The fraction of sp³-hybridized carbons (Fsp3) is 0.120. The fourth-order valence-corrected chi connectivity index (χ4v) is 5.03. The van der Waals surface area contributed by atoms with E-state index in [1.807, 2.05) is 48.7 Å². The molecule has 3 aromatic heterocycles. The Morgan fingerprint density at radius 1 is 1.03 bits per heavy atom. The van der Waals surface area contributed by atoms with Gasteiger partial charge in [0.1, 0.15) is 5.82 Å². The van der Waals surface area contributed by atoms with Gasteiger partial charge >= 0.3 is 0 Å². The second-order valence-corrected chi connectivity index (χ2v) is 9.42. The number of H-pyrrole nitrogens is 1. The van der Waals surface area contributed by atoms with Crippen LogP contribution in [0.15, 0.2) is 73.2 Å². The van der Waals surface area contributed by atoms with E-state index in [0.29, 0.717) is 16.5 Å². The van der Waals surface area contributed by atoms with Crippen molar-refractivity contribution in [1.29, 1.82) is 0 Å². The first-order valence-corrected chi connectivity index (χ1v) is 11.7. The monoisotopic (exact) mass is 488 g/mol. The number of thiophene rings is 1. The van der Waals surface area contributed by atoms with Crippen molar-refractivity contribution in [3.63, 3.8) is 0 Å². The average Bonchev–Trinajstić information content (AvgIpc) is 3.52. The number of anilines is 2. The molecule has 1 aliphatic heterocycles. The summed E-state index contributed by atoms with van der Waals surface area (Å²) in [7, 11) is 0. The van der Waals surface area contributed by atoms with Gasteiger partial charge in [-0.15, -0.1) is 11.3 Å². The van der Waals surface area contributed by atoms with Gasteiger partial charge in [-0.25, -0.2) is 18.7 Å². The van der Waals surface area contributed by atoms with Gasteiger partial charge in [0.15, 0.2) is 5.82 Å². The minimum absolute atomic E-state index is 0.361. The molecule has 1 amide bonds. The zero-order valence-corrected chi connectivity index (χ0v) is 19.0. The summed E-state index contributed by atoms with van der Waals surface area (Å²) >= 11 is 1.28. The number of hydrogen-bond donors (Lipinski definition) is 2. The lowest BCUT2D eigenvalue weighted by molar-refractivity contribution is -0.112. The lowest BCUT2D eigenvalue weighted by Crippen LogP contribution is -2.58. The molecule has 0 spiro atoms. The van der Waals surface area contributed by atoms with E-state index in [2.05, 4.69) is 25.5 Å². The second-order valence-electron chi connectivity index (χ2n) is 8.34. The van der Waals surface area contributed by atoms with Crippen LogP contribution < -0.4 is 5.32 Å². The summed E-state index contributed by atoms with van der Waals surface area (Å²) < 4.78 is 27.2. The number of fused-ring (bicyclic) bond motifs is 1. The van der Waals surface area contributed by atoms with Crippen LogP contribution in [0.4, 0.5) is 20.3 Å². The van der Waals surface area contributed by atoms with Crippen molar-refractivity contribution in [3.05, 3.63) is 78.1 Å². The van der Waals surface area contributed by atoms with Crippen LogP contribution in [-0.4, -0.2) is 50.0 Å². The van der Waals surface area contributed by atoms with Crippen molar-refractivity contribution in [3.8, 4) is 22.5 Å². The summed E-state index contributed by atoms with van der Waals surface area (Å²) in [5, 5.41) is 10.9. The lowest BCUT2D eigenvalue weighted by atomic mass is 10.1. The molecule has 10 heteroatoms. The topological polar surface area (TPSA) is 86.8 Å². The number of halogens is 2. The van der Waals surface area contributed by atoms with E-state index < -0.39 is 19.0 Å². The third-order valence-electron chi connectivity index (χ3n) is 5.77. The van der Waals surface area contributed by atoms with Gasteiger partial charge in [-0.3, -0.25) is 9.89 Å². The SMILES string of the molecule is O=C(c1cc2ccc(-c3nccc(Nc4ccc(-c5cn[nH]c5)cc4)n3)cc2s1)N1CC(F)(F)C1. The first-order valence-electron chi connectivity index (χ1n) is 10.8. The molecule has 7 nitrogen and oxygen atoms in total. The molecule has 1 saturated heterocycles. The van der Waals surface area contributed by atoms with Crippen LogP contribution in [0.3, 0.4) is 0 Å². The molecule has 2 N–H and O–H groups in total. The van der Waals surface area contributed by atoms with Crippen LogP contribution in [0, 0.1) is 0 Å². The van der Waals surface area contributed by atoms with Gasteiger partial charge in [0, 0.05) is 33.9 Å². The van der Waals surface area contributed by atoms with Crippen molar-refractivity contribution in [2.45, 2.75) is 5.92 Å². The maximum atomic E-state index is 13.1. The maximum Gasteiger partial charge on any atom is 0.282 e. The van der Waals surface area contributed by atoms with Crippen molar-refractivity contribution in [2.24, 2.45) is 0 Å². The smallest absolute Gasteiger partial charge is 0.282 e. The van der Waals surface area contributed by atoms with Gasteiger partial charge in [0.25, 0.3) is 11.8 Å². The molecule has 174 valence electrons. The summed E-state index contributed by atoms with van der Waals surface area (Å²) in [5.41, 5.74) is 3.75. The molecule has 0 radical (unpaired) electrons. The Balaban J connectivity index is 1.21. The maximum absolute atomic E-state index is 13.1. The van der Waals surface area contributed by atoms with Crippen molar-refractivity contribution >= 4 is 38.8 Å². The number of alkyl halides is 2. The van der Waals surface area contributed by atoms with Crippen LogP contribution in [0.5, 0.6) is 0 Å². The zero-order chi connectivity index (χ0) is 24.0. The van der Waals surface area contributed by atoms with Crippen LogP contribution in [0.25, 0.3) is 32.6 Å². The molecule has 5 aromatic rings. The van der Waals surface area contributed by atoms with E-state index >= 15 is 0 Å². The summed E-state index contributed by atoms with van der Waals surface area (Å²) in [6.07, 6.45) is 5.29. The number of aromatic amines is 1. The number of aromatic nitrogens is 4. The van der Waals surface area contributed by atoms with E-state index in [1.54, 1.807) is 24.5 Å². The number of likely N-dealkylation sites (tertiary alicyclic amines) is 1. The van der Waals surface area contributed by atoms with Crippen LogP contribution in [0.1, 0.15) is 9.67 Å². The summed E-state index contributed by atoms with van der Waals surface area (Å²) in [4.78, 5) is 23.2. The highest BCUT2D eigenvalue weighted by Crippen LogP contribution is 2.34. The molecule has 35 heavy (non-hydrogen) atoms. The molecule has 6 rings (SSSR count). The molecule has 0 bridgehead atoms. The van der Waals surface area contributed by atoms with E-state index in [9.17, 15) is 13.6 Å². The molecule has 1 fully saturated rings. The van der Waals surface area contributed by atoms with Crippen molar-refractivity contribution < 1.29 is 13.6 Å². The normalized spacial score (nSPS) is 14.6. The van der Waals surface area contributed by atoms with E-state index in [-0.39, 0.29) is 5.91 Å². The first-order chi connectivity index (χ1) is 16.9. The minimum Gasteiger partial charge on any atom is -0.340 e. The molecular formula is C25H18F2N6OS. The number of carbonyl (C=O) groups excluding carboxylic acids is 1. The first kappa shape index (κ1) is 21.4. The van der Waals surface area contributed by atoms with Crippen molar-refractivity contribution in [2.75, 3.05) is 18.4 Å². The lowest BCUT2D eigenvalue weighted by Gasteiger charge is -2.38. The largest absolute Gasteiger partial charge is 0.340 e. The molecule has 0 atom stereocenters. The van der Waals surface area contributed by atoms with Gasteiger partial charge in [-0.1, -0.05) is 24.3 Å². The van der Waals surface area contributed by atoms with Gasteiger partial charge in [0.2, 0.25) is 0 Å². The van der Waals surface area contributed by atoms with Gasteiger partial charge in [-0.05, 0) is 41.3 Å². The Bertz CT molecular complexity index is 1520. The number of amides is 1. The zero-order valence-electron chi connectivity index (χ0n) is 18.2. The van der Waals surface area contributed by atoms with Crippen molar-refractivity contribution in [1.82, 2.24) is 25.1 Å². The summed E-state index contributed by atoms with van der Waals surface area (Å²) in [6.45, 7) is -1.05. The minimum atomic E-state index is -2.78. The highest BCUT2D eigenvalue weighted by atomic mass is 32.1. The Morgan fingerprint density at radius 3 is 2.57 bits per heavy atom. The number of nitrogens with one attached hydrogen (secondary N) is 2. The number of nitrogens with zero attached hydrogens (tertiary/aromatic N) is 4. The molecule has 4 heterocycles. The van der Waals surface area contributed by atoms with Gasteiger partial charge < -0.3 is 10.2 Å². The Morgan fingerprint density at radius 2 is 1.83 bits per heavy atom. The standard InChI is InChI=1S/C25H18F2N6OS/c26-25(27)13-33(14-25)24(34)21-9-16-1-2-17(10-20(16)35-21)23-28-8-7-22(32-23)31-19-5-3-15(4-6-19)18-11-29-30-12-18/h1-12H,13-14H2,(H,29,30)(H,28,31,32). The predicted molar refractivity (Wildman–Crippen MR) is 131 cm³/mol. The third kappa shape index (κ3) is 4.24. The van der Waals surface area contributed by atoms with E-state index in [1.165, 1.54) is 16.2 Å². The fourth-order valence-electron chi connectivity index (χ4n) is 3.96. The number of carbonyl (C=O) groups is 1. The Labute approximate surface area is 202 Å². The van der Waals surface area contributed by atoms with Gasteiger partial charge in [-0.2, -0.15) is 5.10 Å². The Kier molecular flexibility index (Phi) is 5.03. The number of hydrogen-bond acceptors (Lipinski definition) is 6.